The molecule has 8 heteroatoms. The summed E-state index contributed by atoms with van der Waals surface area (Å²) in [6, 6.07) is 1.65. The van der Waals surface area contributed by atoms with Crippen LogP contribution in [-0.4, -0.2) is 72.7 Å². The fourth-order valence-electron chi connectivity index (χ4n) is 2.82. The van der Waals surface area contributed by atoms with E-state index >= 15 is 0 Å². The van der Waals surface area contributed by atoms with Gasteiger partial charge in [0, 0.05) is 37.7 Å². The Balaban J connectivity index is 1.89. The summed E-state index contributed by atoms with van der Waals surface area (Å²) >= 11 is 0. The maximum absolute atomic E-state index is 12.7. The Kier molecular flexibility index (Phi) is 7.16. The van der Waals surface area contributed by atoms with Crippen molar-refractivity contribution in [2.24, 2.45) is 5.41 Å². The molecule has 0 saturated carbocycles. The highest BCUT2D eigenvalue weighted by Crippen LogP contribution is 2.18. The molecule has 0 atom stereocenters. The van der Waals surface area contributed by atoms with Gasteiger partial charge in [-0.1, -0.05) is 25.9 Å². The van der Waals surface area contributed by atoms with Crippen molar-refractivity contribution in [3.63, 3.8) is 0 Å². The van der Waals surface area contributed by atoms with Crippen molar-refractivity contribution in [2.45, 2.75) is 34.1 Å². The number of carbonyl (C=O) groups excluding carboxylic acids is 2. The topological polar surface area (TPSA) is 87.9 Å². The summed E-state index contributed by atoms with van der Waals surface area (Å²) in [6.07, 6.45) is 0.818. The van der Waals surface area contributed by atoms with Gasteiger partial charge in [0.15, 0.2) is 5.82 Å². The highest BCUT2D eigenvalue weighted by molar-refractivity contribution is 5.94. The zero-order valence-electron chi connectivity index (χ0n) is 16.2. The second-order valence-corrected chi connectivity index (χ2v) is 7.66. The number of rotatable bonds is 7. The van der Waals surface area contributed by atoms with E-state index in [0.717, 1.165) is 39.3 Å². The molecule has 1 aliphatic heterocycles. The van der Waals surface area contributed by atoms with Gasteiger partial charge in [0.2, 0.25) is 11.8 Å². The van der Waals surface area contributed by atoms with Gasteiger partial charge in [0.25, 0.3) is 0 Å². The van der Waals surface area contributed by atoms with Crippen LogP contribution in [0, 0.1) is 12.3 Å². The lowest BCUT2D eigenvalue weighted by Crippen LogP contribution is -2.45. The Hall–Kier alpha value is -1.93. The van der Waals surface area contributed by atoms with Crippen molar-refractivity contribution in [1.82, 2.24) is 15.0 Å². The molecule has 2 rings (SSSR count). The van der Waals surface area contributed by atoms with Gasteiger partial charge in [0.05, 0.1) is 19.8 Å². The molecule has 8 nitrogen and oxygen atoms in total. The number of hydrogen-bond acceptors (Lipinski definition) is 6. The van der Waals surface area contributed by atoms with E-state index in [1.165, 1.54) is 0 Å². The minimum absolute atomic E-state index is 0.00508. The number of amides is 2. The van der Waals surface area contributed by atoms with Crippen LogP contribution in [0.25, 0.3) is 0 Å². The normalized spacial score (nSPS) is 15.7. The molecular weight excluding hydrogens is 336 g/mol. The number of anilines is 1. The average molecular weight is 366 g/mol. The highest BCUT2D eigenvalue weighted by Gasteiger charge is 2.28. The molecule has 1 N–H and O–H groups in total. The third-order valence-corrected chi connectivity index (χ3v) is 4.16. The van der Waals surface area contributed by atoms with E-state index in [1.807, 2.05) is 20.8 Å². The van der Waals surface area contributed by atoms with Crippen LogP contribution in [0.15, 0.2) is 10.6 Å². The van der Waals surface area contributed by atoms with E-state index in [1.54, 1.807) is 17.9 Å². The summed E-state index contributed by atoms with van der Waals surface area (Å²) in [5.41, 5.74) is -0.538. The average Bonchev–Trinajstić information content (AvgIpc) is 2.98. The fraction of sp³-hybridized carbons (Fsp3) is 0.722. The van der Waals surface area contributed by atoms with Crippen LogP contribution in [0.5, 0.6) is 0 Å². The van der Waals surface area contributed by atoms with E-state index in [-0.39, 0.29) is 18.4 Å². The van der Waals surface area contributed by atoms with Crippen LogP contribution in [0.2, 0.25) is 0 Å². The van der Waals surface area contributed by atoms with E-state index in [9.17, 15) is 9.59 Å². The van der Waals surface area contributed by atoms with Crippen molar-refractivity contribution < 1.29 is 18.8 Å². The van der Waals surface area contributed by atoms with Crippen molar-refractivity contribution in [2.75, 3.05) is 51.3 Å². The summed E-state index contributed by atoms with van der Waals surface area (Å²) in [7, 11) is 0. The first-order valence-corrected chi connectivity index (χ1v) is 9.08. The molecule has 2 amide bonds. The van der Waals surface area contributed by atoms with E-state index in [4.69, 9.17) is 9.26 Å². The standard InChI is InChI=1S/C18H30N4O4/c1-14-12-15(20-26-14)19-16(23)13-22(17(24)18(2,3)4)7-5-6-21-8-10-25-11-9-21/h12H,5-11,13H2,1-4H3,(H,19,20,23). The number of nitrogens with zero attached hydrogens (tertiary/aromatic N) is 3. The predicted octanol–water partition coefficient (Wildman–Crippen LogP) is 1.52. The molecular formula is C18H30N4O4. The molecule has 1 aliphatic rings. The predicted molar refractivity (Wildman–Crippen MR) is 97.8 cm³/mol. The molecule has 26 heavy (non-hydrogen) atoms. The molecule has 0 bridgehead atoms. The number of morpholine rings is 1. The van der Waals surface area contributed by atoms with Crippen LogP contribution in [0.1, 0.15) is 33.0 Å². The van der Waals surface area contributed by atoms with Gasteiger partial charge in [-0.15, -0.1) is 0 Å². The second-order valence-electron chi connectivity index (χ2n) is 7.66. The summed E-state index contributed by atoms with van der Waals surface area (Å²) in [5.74, 6) is 0.672. The van der Waals surface area contributed by atoms with Crippen LogP contribution < -0.4 is 5.32 Å². The SMILES string of the molecule is Cc1cc(NC(=O)CN(CCCN2CCOCC2)C(=O)C(C)(C)C)no1. The van der Waals surface area contributed by atoms with Gasteiger partial charge in [0.1, 0.15) is 5.76 Å². The first kappa shape index (κ1) is 20.4. The lowest BCUT2D eigenvalue weighted by molar-refractivity contribution is -0.142. The Morgan fingerprint density at radius 1 is 1.31 bits per heavy atom. The number of aryl methyl sites for hydroxylation is 1. The van der Waals surface area contributed by atoms with Crippen molar-refractivity contribution in [3.05, 3.63) is 11.8 Å². The lowest BCUT2D eigenvalue weighted by atomic mass is 9.94. The Morgan fingerprint density at radius 2 is 2.00 bits per heavy atom. The first-order chi connectivity index (χ1) is 12.3. The lowest BCUT2D eigenvalue weighted by Gasteiger charge is -2.31. The molecule has 0 spiro atoms. The largest absolute Gasteiger partial charge is 0.379 e. The number of aromatic nitrogens is 1. The zero-order chi connectivity index (χ0) is 19.2. The maximum Gasteiger partial charge on any atom is 0.245 e. The minimum Gasteiger partial charge on any atom is -0.379 e. The Bertz CT molecular complexity index is 603. The summed E-state index contributed by atoms with van der Waals surface area (Å²) in [5, 5.41) is 6.43. The van der Waals surface area contributed by atoms with E-state index in [0.29, 0.717) is 18.1 Å². The van der Waals surface area contributed by atoms with Gasteiger partial charge >= 0.3 is 0 Å². The zero-order valence-corrected chi connectivity index (χ0v) is 16.2. The molecule has 1 fully saturated rings. The van der Waals surface area contributed by atoms with E-state index in [2.05, 4.69) is 15.4 Å². The Labute approximate surface area is 154 Å². The smallest absolute Gasteiger partial charge is 0.245 e. The summed E-state index contributed by atoms with van der Waals surface area (Å²) < 4.78 is 10.3. The van der Waals surface area contributed by atoms with Crippen LogP contribution in [0.4, 0.5) is 5.82 Å². The molecule has 1 aromatic rings. The molecule has 1 saturated heterocycles. The second kappa shape index (κ2) is 9.14. The molecule has 0 aromatic carbocycles. The highest BCUT2D eigenvalue weighted by atomic mass is 16.5. The summed E-state index contributed by atoms with van der Waals surface area (Å²) in [4.78, 5) is 29.0. The van der Waals surface area contributed by atoms with Gasteiger partial charge < -0.3 is 19.5 Å². The fourth-order valence-corrected chi connectivity index (χ4v) is 2.82. The third kappa shape index (κ3) is 6.42. The minimum atomic E-state index is -0.538. The molecule has 0 radical (unpaired) electrons. The first-order valence-electron chi connectivity index (χ1n) is 9.08. The molecule has 146 valence electrons. The van der Waals surface area contributed by atoms with Gasteiger partial charge in [-0.25, -0.2) is 0 Å². The number of ether oxygens (including phenoxy) is 1. The van der Waals surface area contributed by atoms with Crippen LogP contribution in [0.3, 0.4) is 0 Å². The van der Waals surface area contributed by atoms with Crippen molar-refractivity contribution in [1.29, 1.82) is 0 Å². The maximum atomic E-state index is 12.7. The number of nitrogens with one attached hydrogen (secondary N) is 1. The van der Waals surface area contributed by atoms with Crippen molar-refractivity contribution in [3.8, 4) is 0 Å². The van der Waals surface area contributed by atoms with E-state index < -0.39 is 5.41 Å². The van der Waals surface area contributed by atoms with Crippen LogP contribution in [-0.2, 0) is 14.3 Å². The quantitative estimate of drug-likeness (QED) is 0.787. The molecule has 1 aromatic heterocycles. The third-order valence-electron chi connectivity index (χ3n) is 4.16. The number of hydrogen-bond donors (Lipinski definition) is 1. The molecule has 0 unspecified atom stereocenters. The van der Waals surface area contributed by atoms with Gasteiger partial charge in [-0.2, -0.15) is 0 Å². The Morgan fingerprint density at radius 3 is 2.58 bits per heavy atom. The van der Waals surface area contributed by atoms with Gasteiger partial charge in [-0.3, -0.25) is 14.5 Å². The molecule has 2 heterocycles. The van der Waals surface area contributed by atoms with Crippen molar-refractivity contribution >= 4 is 17.6 Å². The molecule has 0 aliphatic carbocycles. The monoisotopic (exact) mass is 366 g/mol. The summed E-state index contributed by atoms with van der Waals surface area (Å²) in [6.45, 7) is 12.1. The van der Waals surface area contributed by atoms with Gasteiger partial charge in [-0.05, 0) is 13.3 Å². The number of carbonyl (C=O) groups is 2. The van der Waals surface area contributed by atoms with Crippen LogP contribution >= 0.6 is 0 Å².